The van der Waals surface area contributed by atoms with Crippen molar-refractivity contribution in [2.24, 2.45) is 11.1 Å². The molecule has 0 heterocycles. The van der Waals surface area contributed by atoms with E-state index in [-0.39, 0.29) is 12.1 Å². The fraction of sp³-hybridized carbons (Fsp3) is 0.889. The first kappa shape index (κ1) is 12.4. The topological polar surface area (TPSA) is 61.5 Å². The van der Waals surface area contributed by atoms with Gasteiger partial charge in [-0.25, -0.2) is 0 Å². The fourth-order valence-corrected chi connectivity index (χ4v) is 1.35. The van der Waals surface area contributed by atoms with Crippen molar-refractivity contribution in [2.75, 3.05) is 20.8 Å². The average molecular weight is 189 g/mol. The Morgan fingerprint density at radius 2 is 2.08 bits per heavy atom. The molecule has 0 rings (SSSR count). The molecule has 0 aromatic heterocycles. The molecule has 0 aliphatic heterocycles. The van der Waals surface area contributed by atoms with E-state index >= 15 is 0 Å². The van der Waals surface area contributed by atoms with E-state index in [1.165, 1.54) is 7.11 Å². The molecule has 2 N–H and O–H groups in total. The minimum atomic E-state index is -0.641. The molecule has 0 saturated heterocycles. The summed E-state index contributed by atoms with van der Waals surface area (Å²) in [4.78, 5) is 11.5. The van der Waals surface area contributed by atoms with E-state index in [2.05, 4.69) is 0 Å². The van der Waals surface area contributed by atoms with E-state index in [1.54, 1.807) is 14.0 Å². The van der Waals surface area contributed by atoms with E-state index in [0.29, 0.717) is 13.0 Å². The third kappa shape index (κ3) is 2.42. The Balaban J connectivity index is 4.68. The van der Waals surface area contributed by atoms with Crippen molar-refractivity contribution in [3.63, 3.8) is 0 Å². The highest BCUT2D eigenvalue weighted by molar-refractivity contribution is 5.77. The summed E-state index contributed by atoms with van der Waals surface area (Å²) in [5.41, 5.74) is 4.86. The molecule has 13 heavy (non-hydrogen) atoms. The molecule has 2 unspecified atom stereocenters. The number of esters is 1. The quantitative estimate of drug-likeness (QED) is 0.641. The summed E-state index contributed by atoms with van der Waals surface area (Å²) in [5.74, 6) is -0.271. The largest absolute Gasteiger partial charge is 0.469 e. The van der Waals surface area contributed by atoms with Gasteiger partial charge in [0.15, 0.2) is 0 Å². The summed E-state index contributed by atoms with van der Waals surface area (Å²) in [5, 5.41) is 0. The van der Waals surface area contributed by atoms with Crippen LogP contribution in [0, 0.1) is 5.41 Å². The Labute approximate surface area is 79.4 Å². The zero-order chi connectivity index (χ0) is 10.5. The predicted octanol–water partition coefficient (Wildman–Crippen LogP) is 0.549. The van der Waals surface area contributed by atoms with E-state index in [9.17, 15) is 4.79 Å². The van der Waals surface area contributed by atoms with Crippen LogP contribution in [0.25, 0.3) is 0 Å². The highest BCUT2D eigenvalue weighted by Crippen LogP contribution is 2.28. The highest BCUT2D eigenvalue weighted by Gasteiger charge is 2.40. The molecule has 0 aliphatic carbocycles. The van der Waals surface area contributed by atoms with Gasteiger partial charge in [-0.05, 0) is 13.3 Å². The minimum absolute atomic E-state index is 0.271. The molecule has 0 radical (unpaired) electrons. The third-order valence-corrected chi connectivity index (χ3v) is 2.60. The van der Waals surface area contributed by atoms with Gasteiger partial charge in [0.25, 0.3) is 0 Å². The van der Waals surface area contributed by atoms with Crippen LogP contribution in [-0.2, 0) is 14.3 Å². The number of hydrogen-bond donors (Lipinski definition) is 1. The maximum absolute atomic E-state index is 11.5. The lowest BCUT2D eigenvalue weighted by Gasteiger charge is -2.32. The molecule has 4 heteroatoms. The van der Waals surface area contributed by atoms with Crippen molar-refractivity contribution in [1.82, 2.24) is 0 Å². The lowest BCUT2D eigenvalue weighted by molar-refractivity contribution is -0.160. The lowest BCUT2D eigenvalue weighted by atomic mass is 9.81. The molecule has 0 saturated carbocycles. The lowest BCUT2D eigenvalue weighted by Crippen LogP contribution is -2.45. The number of nitrogens with two attached hydrogens (primary N) is 1. The highest BCUT2D eigenvalue weighted by atomic mass is 16.5. The smallest absolute Gasteiger partial charge is 0.314 e. The number of carbonyl (C=O) groups excluding carboxylic acids is 1. The normalized spacial score (nSPS) is 17.6. The van der Waals surface area contributed by atoms with E-state index < -0.39 is 5.41 Å². The van der Waals surface area contributed by atoms with Gasteiger partial charge in [0.1, 0.15) is 0 Å². The number of methoxy groups -OCH3 is 2. The Kier molecular flexibility index (Phi) is 4.95. The zero-order valence-electron chi connectivity index (χ0n) is 8.79. The Morgan fingerprint density at radius 3 is 2.31 bits per heavy atom. The zero-order valence-corrected chi connectivity index (χ0v) is 8.79. The van der Waals surface area contributed by atoms with Gasteiger partial charge in [-0.1, -0.05) is 6.92 Å². The average Bonchev–Trinajstić information content (AvgIpc) is 2.17. The predicted molar refractivity (Wildman–Crippen MR) is 50.3 cm³/mol. The van der Waals surface area contributed by atoms with Crippen molar-refractivity contribution < 1.29 is 14.3 Å². The Hall–Kier alpha value is -0.610. The van der Waals surface area contributed by atoms with Crippen molar-refractivity contribution >= 4 is 5.97 Å². The van der Waals surface area contributed by atoms with Crippen LogP contribution >= 0.6 is 0 Å². The Bertz CT molecular complexity index is 168. The molecule has 0 fully saturated rings. The molecule has 0 aromatic rings. The second-order valence-corrected chi connectivity index (χ2v) is 3.22. The summed E-state index contributed by atoms with van der Waals surface area (Å²) in [7, 11) is 2.92. The first-order valence-electron chi connectivity index (χ1n) is 4.38. The van der Waals surface area contributed by atoms with Crippen LogP contribution in [0.4, 0.5) is 0 Å². The van der Waals surface area contributed by atoms with Crippen LogP contribution in [0.1, 0.15) is 20.3 Å². The van der Waals surface area contributed by atoms with Crippen LogP contribution in [-0.4, -0.2) is 32.8 Å². The Morgan fingerprint density at radius 1 is 1.54 bits per heavy atom. The van der Waals surface area contributed by atoms with Gasteiger partial charge >= 0.3 is 5.97 Å². The number of carbonyl (C=O) groups is 1. The summed E-state index contributed by atoms with van der Waals surface area (Å²) < 4.78 is 9.87. The molecule has 0 bridgehead atoms. The van der Waals surface area contributed by atoms with Crippen molar-refractivity contribution in [1.29, 1.82) is 0 Å². The number of ether oxygens (including phenoxy) is 2. The van der Waals surface area contributed by atoms with Crippen molar-refractivity contribution in [2.45, 2.75) is 26.4 Å². The minimum Gasteiger partial charge on any atom is -0.469 e. The standard InChI is InChI=1S/C9H19NO3/c1-5-9(2,8(11)13-4)7(6-10)12-3/h7H,5-6,10H2,1-4H3. The molecule has 78 valence electrons. The van der Waals surface area contributed by atoms with E-state index in [4.69, 9.17) is 15.2 Å². The van der Waals surface area contributed by atoms with Gasteiger partial charge < -0.3 is 15.2 Å². The van der Waals surface area contributed by atoms with Crippen molar-refractivity contribution in [3.05, 3.63) is 0 Å². The summed E-state index contributed by atoms with van der Waals surface area (Å²) in [6, 6.07) is 0. The van der Waals surface area contributed by atoms with Crippen LogP contribution in [0.3, 0.4) is 0 Å². The molecule has 2 atom stereocenters. The van der Waals surface area contributed by atoms with Crippen LogP contribution in [0.15, 0.2) is 0 Å². The number of hydrogen-bond acceptors (Lipinski definition) is 4. The van der Waals surface area contributed by atoms with E-state index in [0.717, 1.165) is 0 Å². The second-order valence-electron chi connectivity index (χ2n) is 3.22. The number of rotatable bonds is 5. The molecular weight excluding hydrogens is 170 g/mol. The summed E-state index contributed by atoms with van der Waals surface area (Å²) in [6.45, 7) is 4.04. The molecule has 0 aliphatic rings. The van der Waals surface area contributed by atoms with Gasteiger partial charge in [-0.15, -0.1) is 0 Å². The third-order valence-electron chi connectivity index (χ3n) is 2.60. The summed E-state index contributed by atoms with van der Waals surface area (Å²) in [6.07, 6.45) is 0.361. The van der Waals surface area contributed by atoms with Gasteiger partial charge in [0.2, 0.25) is 0 Å². The molecule has 0 amide bonds. The SMILES string of the molecule is CCC(C)(C(=O)OC)C(CN)OC. The molecular formula is C9H19NO3. The maximum atomic E-state index is 11.5. The molecule has 0 aromatic carbocycles. The first-order chi connectivity index (χ1) is 6.06. The molecule has 4 nitrogen and oxygen atoms in total. The van der Waals surface area contributed by atoms with Crippen LogP contribution in [0.2, 0.25) is 0 Å². The second kappa shape index (κ2) is 5.19. The monoisotopic (exact) mass is 189 g/mol. The first-order valence-corrected chi connectivity index (χ1v) is 4.38. The summed E-state index contributed by atoms with van der Waals surface area (Å²) >= 11 is 0. The van der Waals surface area contributed by atoms with Crippen LogP contribution in [0.5, 0.6) is 0 Å². The van der Waals surface area contributed by atoms with Gasteiger partial charge in [-0.3, -0.25) is 4.79 Å². The van der Waals surface area contributed by atoms with Gasteiger partial charge in [0.05, 0.1) is 18.6 Å². The van der Waals surface area contributed by atoms with Gasteiger partial charge in [0, 0.05) is 13.7 Å². The van der Waals surface area contributed by atoms with E-state index in [1.807, 2.05) is 6.92 Å². The van der Waals surface area contributed by atoms with Gasteiger partial charge in [-0.2, -0.15) is 0 Å². The molecule has 0 spiro atoms. The van der Waals surface area contributed by atoms with Crippen LogP contribution < -0.4 is 5.73 Å². The fourth-order valence-electron chi connectivity index (χ4n) is 1.35. The van der Waals surface area contributed by atoms with Crippen molar-refractivity contribution in [3.8, 4) is 0 Å². The maximum Gasteiger partial charge on any atom is 0.314 e.